The second-order valence-electron chi connectivity index (χ2n) is 6.73. The Morgan fingerprint density at radius 2 is 1.91 bits per heavy atom. The molecule has 2 N–H and O–H groups in total. The van der Waals surface area contributed by atoms with Crippen LogP contribution in [0.25, 0.3) is 11.0 Å². The highest BCUT2D eigenvalue weighted by molar-refractivity contribution is 7.92. The van der Waals surface area contributed by atoms with E-state index >= 15 is 4.39 Å². The molecule has 3 heterocycles. The van der Waals surface area contributed by atoms with Crippen molar-refractivity contribution in [2.45, 2.75) is 11.5 Å². The molecule has 3 aromatic heterocycles. The largest absolute Gasteiger partial charge is 0.492 e. The number of rotatable bonds is 8. The van der Waals surface area contributed by atoms with E-state index in [4.69, 9.17) is 25.8 Å². The number of nitrogens with one attached hydrogen (secondary N) is 2. The number of aromatic nitrogens is 4. The summed E-state index contributed by atoms with van der Waals surface area (Å²) in [5.74, 6) is -2.00. The van der Waals surface area contributed by atoms with Crippen LogP contribution in [0, 0.1) is 11.6 Å². The van der Waals surface area contributed by atoms with Crippen LogP contribution in [0.2, 0.25) is 5.02 Å². The predicted molar refractivity (Wildman–Crippen MR) is 118 cm³/mol. The summed E-state index contributed by atoms with van der Waals surface area (Å²) in [7, 11) is -1.78. The highest BCUT2D eigenvalue weighted by atomic mass is 35.5. The predicted octanol–water partition coefficient (Wildman–Crippen LogP) is 3.68. The first-order valence-corrected chi connectivity index (χ1v) is 11.3. The lowest BCUT2D eigenvalue weighted by molar-refractivity contribution is 0.274. The molecule has 0 aliphatic rings. The van der Waals surface area contributed by atoms with E-state index in [-0.39, 0.29) is 22.4 Å². The minimum Gasteiger partial charge on any atom is -0.492 e. The Morgan fingerprint density at radius 1 is 1.12 bits per heavy atom. The highest BCUT2D eigenvalue weighted by Gasteiger charge is 2.25. The van der Waals surface area contributed by atoms with E-state index in [9.17, 15) is 12.8 Å². The lowest BCUT2D eigenvalue weighted by Crippen LogP contribution is -2.17. The Morgan fingerprint density at radius 3 is 2.65 bits per heavy atom. The van der Waals surface area contributed by atoms with E-state index in [1.54, 1.807) is 0 Å². The summed E-state index contributed by atoms with van der Waals surface area (Å²) in [6.45, 7) is -0.587. The standard InChI is InChI=1S/C20H16ClF2N5O5S/c1-31-18-11-7-26-27-19(11)24-8-15(18)33-9-12-13(22)3-4-14(17(12)23)28-34(29,30)16-5-10(21)6-25-20(16)32-2/h3-8,28H,9H2,1-2H3,(H,24,26,27). The fraction of sp³-hybridized carbons (Fsp3) is 0.150. The first-order chi connectivity index (χ1) is 16.2. The van der Waals surface area contributed by atoms with Crippen molar-refractivity contribution in [3.05, 3.63) is 59.0 Å². The van der Waals surface area contributed by atoms with Gasteiger partial charge < -0.3 is 14.2 Å². The minimum absolute atomic E-state index is 0.0204. The number of hydrogen-bond donors (Lipinski definition) is 2. The van der Waals surface area contributed by atoms with Crippen molar-refractivity contribution in [1.29, 1.82) is 0 Å². The van der Waals surface area contributed by atoms with Crippen LogP contribution in [0.5, 0.6) is 17.4 Å². The van der Waals surface area contributed by atoms with Crippen molar-refractivity contribution in [1.82, 2.24) is 20.2 Å². The fourth-order valence-electron chi connectivity index (χ4n) is 3.08. The van der Waals surface area contributed by atoms with Gasteiger partial charge in [-0.25, -0.2) is 27.2 Å². The molecule has 4 aromatic rings. The van der Waals surface area contributed by atoms with Gasteiger partial charge in [0.05, 0.1) is 48.3 Å². The number of pyridine rings is 2. The molecule has 178 valence electrons. The molecule has 0 aliphatic carbocycles. The van der Waals surface area contributed by atoms with Gasteiger partial charge in [-0.3, -0.25) is 9.82 Å². The molecular weight excluding hydrogens is 496 g/mol. The molecule has 34 heavy (non-hydrogen) atoms. The molecule has 10 nitrogen and oxygen atoms in total. The number of benzene rings is 1. The van der Waals surface area contributed by atoms with Crippen molar-refractivity contribution in [2.75, 3.05) is 18.9 Å². The number of nitrogens with zero attached hydrogens (tertiary/aromatic N) is 3. The van der Waals surface area contributed by atoms with Crippen LogP contribution in [0.4, 0.5) is 14.5 Å². The van der Waals surface area contributed by atoms with Crippen molar-refractivity contribution in [3.63, 3.8) is 0 Å². The zero-order valence-electron chi connectivity index (χ0n) is 17.6. The summed E-state index contributed by atoms with van der Waals surface area (Å²) in [5, 5.41) is 7.05. The van der Waals surface area contributed by atoms with E-state index in [1.165, 1.54) is 32.8 Å². The third-order valence-electron chi connectivity index (χ3n) is 4.67. The van der Waals surface area contributed by atoms with Gasteiger partial charge in [0.25, 0.3) is 10.0 Å². The molecule has 0 atom stereocenters. The van der Waals surface area contributed by atoms with E-state index < -0.39 is 44.4 Å². The molecule has 0 amide bonds. The Labute approximate surface area is 196 Å². The molecule has 14 heteroatoms. The first-order valence-electron chi connectivity index (χ1n) is 9.43. The summed E-state index contributed by atoms with van der Waals surface area (Å²) < 4.78 is 73.1. The third-order valence-corrected chi connectivity index (χ3v) is 6.24. The fourth-order valence-corrected chi connectivity index (χ4v) is 4.51. The Hall–Kier alpha value is -3.71. The molecule has 4 rings (SSSR count). The van der Waals surface area contributed by atoms with E-state index in [0.29, 0.717) is 11.0 Å². The number of halogens is 3. The highest BCUT2D eigenvalue weighted by Crippen LogP contribution is 2.34. The van der Waals surface area contributed by atoms with Gasteiger partial charge in [0.1, 0.15) is 12.4 Å². The molecule has 0 saturated carbocycles. The van der Waals surface area contributed by atoms with Crippen LogP contribution < -0.4 is 18.9 Å². The van der Waals surface area contributed by atoms with Gasteiger partial charge in [-0.2, -0.15) is 5.10 Å². The summed E-state index contributed by atoms with van der Waals surface area (Å²) >= 11 is 5.84. The van der Waals surface area contributed by atoms with Gasteiger partial charge in [0.2, 0.25) is 5.88 Å². The van der Waals surface area contributed by atoms with Gasteiger partial charge in [-0.15, -0.1) is 0 Å². The second kappa shape index (κ2) is 9.27. The van der Waals surface area contributed by atoms with Crippen molar-refractivity contribution in [2.24, 2.45) is 0 Å². The van der Waals surface area contributed by atoms with Crippen LogP contribution in [-0.2, 0) is 16.6 Å². The third kappa shape index (κ3) is 4.39. The van der Waals surface area contributed by atoms with E-state index in [0.717, 1.165) is 18.2 Å². The Bertz CT molecular complexity index is 1480. The quantitative estimate of drug-likeness (QED) is 0.366. The molecular formula is C20H16ClF2N5O5S. The maximum absolute atomic E-state index is 15.1. The number of anilines is 1. The Kier molecular flexibility index (Phi) is 6.39. The lowest BCUT2D eigenvalue weighted by atomic mass is 10.2. The SMILES string of the molecule is COc1ncc(Cl)cc1S(=O)(=O)Nc1ccc(F)c(COc2cnc3[nH]ncc3c2OC)c1F. The molecule has 0 radical (unpaired) electrons. The van der Waals surface area contributed by atoms with Crippen LogP contribution in [0.3, 0.4) is 0 Å². The zero-order chi connectivity index (χ0) is 24.5. The van der Waals surface area contributed by atoms with Gasteiger partial charge in [-0.05, 0) is 18.2 Å². The summed E-state index contributed by atoms with van der Waals surface area (Å²) in [5.41, 5.74) is -0.605. The number of sulfonamides is 1. The molecule has 0 bridgehead atoms. The molecule has 0 aliphatic heterocycles. The normalized spacial score (nSPS) is 11.4. The van der Waals surface area contributed by atoms with Crippen molar-refractivity contribution < 1.29 is 31.4 Å². The molecule has 0 unspecified atom stereocenters. The van der Waals surface area contributed by atoms with Crippen LogP contribution in [-0.4, -0.2) is 42.8 Å². The number of ether oxygens (including phenoxy) is 3. The van der Waals surface area contributed by atoms with Crippen molar-refractivity contribution >= 4 is 38.3 Å². The van der Waals surface area contributed by atoms with Crippen LogP contribution >= 0.6 is 11.6 Å². The minimum atomic E-state index is -4.39. The van der Waals surface area contributed by atoms with E-state index in [2.05, 4.69) is 24.9 Å². The van der Waals surface area contributed by atoms with Gasteiger partial charge in [0.15, 0.2) is 27.9 Å². The summed E-state index contributed by atoms with van der Waals surface area (Å²) in [6, 6.07) is 2.93. The number of hydrogen-bond acceptors (Lipinski definition) is 8. The second-order valence-corrected chi connectivity index (χ2v) is 8.82. The zero-order valence-corrected chi connectivity index (χ0v) is 19.2. The monoisotopic (exact) mass is 511 g/mol. The topological polar surface area (TPSA) is 128 Å². The number of methoxy groups -OCH3 is 2. The number of H-pyrrole nitrogens is 1. The molecule has 0 fully saturated rings. The molecule has 1 aromatic carbocycles. The summed E-state index contributed by atoms with van der Waals surface area (Å²) in [4.78, 5) is 7.46. The van der Waals surface area contributed by atoms with Gasteiger partial charge >= 0.3 is 0 Å². The van der Waals surface area contributed by atoms with Gasteiger partial charge in [-0.1, -0.05) is 11.6 Å². The van der Waals surface area contributed by atoms with Crippen LogP contribution in [0.15, 0.2) is 41.7 Å². The van der Waals surface area contributed by atoms with E-state index in [1.807, 2.05) is 0 Å². The Balaban J connectivity index is 1.64. The molecule has 0 spiro atoms. The van der Waals surface area contributed by atoms with Gasteiger partial charge in [0, 0.05) is 6.20 Å². The van der Waals surface area contributed by atoms with Crippen molar-refractivity contribution in [3.8, 4) is 17.4 Å². The lowest BCUT2D eigenvalue weighted by Gasteiger charge is -2.15. The summed E-state index contributed by atoms with van der Waals surface area (Å²) in [6.07, 6.45) is 3.96. The smallest absolute Gasteiger partial charge is 0.267 e. The number of aromatic amines is 1. The maximum atomic E-state index is 15.1. The first kappa shape index (κ1) is 23.4. The maximum Gasteiger partial charge on any atom is 0.267 e. The number of fused-ring (bicyclic) bond motifs is 1. The molecule has 0 saturated heterocycles. The average molecular weight is 512 g/mol. The average Bonchev–Trinajstić information content (AvgIpc) is 3.29. The van der Waals surface area contributed by atoms with Crippen LogP contribution in [0.1, 0.15) is 5.56 Å².